The van der Waals surface area contributed by atoms with Crippen LogP contribution >= 0.6 is 0 Å². The van der Waals surface area contributed by atoms with Gasteiger partial charge in [0.25, 0.3) is 0 Å². The normalized spacial score (nSPS) is 39.4. The van der Waals surface area contributed by atoms with Gasteiger partial charge in [0, 0.05) is 18.6 Å². The molecule has 2 rings (SSSR count). The molecule has 21 heavy (non-hydrogen) atoms. The van der Waals surface area contributed by atoms with E-state index < -0.39 is 0 Å². The average molecular weight is 295 g/mol. The quantitative estimate of drug-likeness (QED) is 0.838. The van der Waals surface area contributed by atoms with E-state index in [2.05, 4.69) is 39.5 Å². The maximum atomic E-state index is 6.14. The molecule has 124 valence electrons. The molecule has 0 spiro atoms. The first kappa shape index (κ1) is 17.3. The minimum absolute atomic E-state index is 0.489. The van der Waals surface area contributed by atoms with Crippen LogP contribution in [0.3, 0.4) is 0 Å². The van der Waals surface area contributed by atoms with E-state index in [1.54, 1.807) is 0 Å². The summed E-state index contributed by atoms with van der Waals surface area (Å²) in [5.41, 5.74) is 6.63. The Labute approximate surface area is 132 Å². The first-order valence-electron chi connectivity index (χ1n) is 9.34. The molecule has 0 aromatic carbocycles. The zero-order chi connectivity index (χ0) is 15.6. The summed E-state index contributed by atoms with van der Waals surface area (Å²) in [6, 6.07) is 1.49. The van der Waals surface area contributed by atoms with Gasteiger partial charge in [-0.25, -0.2) is 0 Å². The van der Waals surface area contributed by atoms with Crippen LogP contribution in [0.2, 0.25) is 0 Å². The van der Waals surface area contributed by atoms with Crippen LogP contribution in [-0.4, -0.2) is 30.1 Å². The summed E-state index contributed by atoms with van der Waals surface area (Å²) in [5.74, 6) is 2.46. The van der Waals surface area contributed by atoms with E-state index in [1.807, 2.05) is 0 Å². The van der Waals surface area contributed by atoms with Crippen molar-refractivity contribution in [2.75, 3.05) is 13.1 Å². The predicted octanol–water partition coefficient (Wildman–Crippen LogP) is 4.29. The van der Waals surface area contributed by atoms with Crippen LogP contribution in [-0.2, 0) is 0 Å². The van der Waals surface area contributed by atoms with Crippen molar-refractivity contribution >= 4 is 0 Å². The summed E-state index contributed by atoms with van der Waals surface area (Å²) < 4.78 is 0. The van der Waals surface area contributed by atoms with Gasteiger partial charge in [-0.05, 0) is 68.7 Å². The van der Waals surface area contributed by atoms with Gasteiger partial charge in [0.05, 0.1) is 0 Å². The molecule has 2 N–H and O–H groups in total. The van der Waals surface area contributed by atoms with Gasteiger partial charge in [0.2, 0.25) is 0 Å². The number of hydrogen-bond donors (Lipinski definition) is 1. The van der Waals surface area contributed by atoms with E-state index in [1.165, 1.54) is 45.1 Å². The minimum atomic E-state index is 0.489. The second-order valence-electron chi connectivity index (χ2n) is 8.64. The predicted molar refractivity (Wildman–Crippen MR) is 92.3 cm³/mol. The van der Waals surface area contributed by atoms with Crippen LogP contribution in [0.15, 0.2) is 0 Å². The molecule has 2 fully saturated rings. The highest BCUT2D eigenvalue weighted by Gasteiger charge is 2.41. The molecule has 5 unspecified atom stereocenters. The zero-order valence-corrected chi connectivity index (χ0v) is 15.1. The van der Waals surface area contributed by atoms with Crippen molar-refractivity contribution in [3.8, 4) is 0 Å². The van der Waals surface area contributed by atoms with Crippen LogP contribution in [0.4, 0.5) is 0 Å². The molecular weight excluding hydrogens is 256 g/mol. The molecule has 1 saturated heterocycles. The fraction of sp³-hybridized carbons (Fsp3) is 1.00. The van der Waals surface area contributed by atoms with Crippen molar-refractivity contribution in [3.05, 3.63) is 0 Å². The number of nitrogens with two attached hydrogens (primary N) is 1. The van der Waals surface area contributed by atoms with E-state index in [4.69, 9.17) is 5.73 Å². The molecule has 1 aliphatic heterocycles. The monoisotopic (exact) mass is 294 g/mol. The molecular formula is C19H38N2. The van der Waals surface area contributed by atoms with Gasteiger partial charge < -0.3 is 5.73 Å². The van der Waals surface area contributed by atoms with Crippen molar-refractivity contribution in [1.29, 1.82) is 0 Å². The smallest absolute Gasteiger partial charge is 0.0141 e. The van der Waals surface area contributed by atoms with Gasteiger partial charge in [-0.3, -0.25) is 4.90 Å². The number of rotatable bonds is 4. The maximum absolute atomic E-state index is 6.14. The van der Waals surface area contributed by atoms with Crippen molar-refractivity contribution in [2.45, 2.75) is 85.2 Å². The van der Waals surface area contributed by atoms with Crippen LogP contribution < -0.4 is 5.73 Å². The SMILES string of the molecule is CCC(C)(C)C1CCC(CN)C(N2CC(C)CCC2C)C1. The largest absolute Gasteiger partial charge is 0.330 e. The molecule has 0 aromatic rings. The zero-order valence-electron chi connectivity index (χ0n) is 15.1. The Morgan fingerprint density at radius 1 is 1.10 bits per heavy atom. The summed E-state index contributed by atoms with van der Waals surface area (Å²) in [4.78, 5) is 2.84. The van der Waals surface area contributed by atoms with E-state index in [0.29, 0.717) is 5.41 Å². The fourth-order valence-electron chi connectivity index (χ4n) is 4.67. The lowest BCUT2D eigenvalue weighted by Gasteiger charge is -2.50. The van der Waals surface area contributed by atoms with Crippen LogP contribution in [0, 0.1) is 23.2 Å². The minimum Gasteiger partial charge on any atom is -0.330 e. The topological polar surface area (TPSA) is 29.3 Å². The van der Waals surface area contributed by atoms with Gasteiger partial charge in [0.1, 0.15) is 0 Å². The Morgan fingerprint density at radius 3 is 2.43 bits per heavy atom. The van der Waals surface area contributed by atoms with E-state index in [0.717, 1.165) is 36.4 Å². The molecule has 0 radical (unpaired) electrons. The van der Waals surface area contributed by atoms with Crippen molar-refractivity contribution in [2.24, 2.45) is 28.9 Å². The van der Waals surface area contributed by atoms with Gasteiger partial charge >= 0.3 is 0 Å². The Bertz CT molecular complexity index is 326. The Kier molecular flexibility index (Phi) is 5.76. The first-order valence-corrected chi connectivity index (χ1v) is 9.34. The molecule has 5 atom stereocenters. The Balaban J connectivity index is 2.12. The first-order chi connectivity index (χ1) is 9.89. The highest BCUT2D eigenvalue weighted by atomic mass is 15.2. The highest BCUT2D eigenvalue weighted by molar-refractivity contribution is 4.94. The molecule has 0 amide bonds. The lowest BCUT2D eigenvalue weighted by Crippen LogP contribution is -2.54. The molecule has 2 nitrogen and oxygen atoms in total. The molecule has 1 aliphatic carbocycles. The van der Waals surface area contributed by atoms with Crippen molar-refractivity contribution in [1.82, 2.24) is 4.90 Å². The summed E-state index contributed by atoms with van der Waals surface area (Å²) in [6.07, 6.45) is 8.17. The van der Waals surface area contributed by atoms with Gasteiger partial charge in [0.15, 0.2) is 0 Å². The Hall–Kier alpha value is -0.0800. The summed E-state index contributed by atoms with van der Waals surface area (Å²) in [7, 11) is 0. The summed E-state index contributed by atoms with van der Waals surface area (Å²) in [6.45, 7) is 14.3. The van der Waals surface area contributed by atoms with E-state index >= 15 is 0 Å². The second-order valence-corrected chi connectivity index (χ2v) is 8.64. The second kappa shape index (κ2) is 7.00. The molecule has 0 bridgehead atoms. The molecule has 1 saturated carbocycles. The summed E-state index contributed by atoms with van der Waals surface area (Å²) in [5, 5.41) is 0. The lowest BCUT2D eigenvalue weighted by molar-refractivity contribution is -0.00694. The maximum Gasteiger partial charge on any atom is 0.0141 e. The number of nitrogens with zero attached hydrogens (tertiary/aromatic N) is 1. The third-order valence-electron chi connectivity index (χ3n) is 6.87. The van der Waals surface area contributed by atoms with Gasteiger partial charge in [-0.15, -0.1) is 0 Å². The Morgan fingerprint density at radius 2 is 1.81 bits per heavy atom. The number of piperidine rings is 1. The van der Waals surface area contributed by atoms with Gasteiger partial charge in [-0.2, -0.15) is 0 Å². The molecule has 1 heterocycles. The summed E-state index contributed by atoms with van der Waals surface area (Å²) >= 11 is 0. The number of likely N-dealkylation sites (tertiary alicyclic amines) is 1. The fourth-order valence-corrected chi connectivity index (χ4v) is 4.67. The van der Waals surface area contributed by atoms with E-state index in [9.17, 15) is 0 Å². The highest BCUT2D eigenvalue weighted by Crippen LogP contribution is 2.44. The average Bonchev–Trinajstić information content (AvgIpc) is 2.49. The molecule has 0 aromatic heterocycles. The number of hydrogen-bond acceptors (Lipinski definition) is 2. The van der Waals surface area contributed by atoms with Crippen LogP contribution in [0.25, 0.3) is 0 Å². The van der Waals surface area contributed by atoms with E-state index in [-0.39, 0.29) is 0 Å². The van der Waals surface area contributed by atoms with Crippen molar-refractivity contribution < 1.29 is 0 Å². The van der Waals surface area contributed by atoms with Gasteiger partial charge in [-0.1, -0.05) is 34.1 Å². The van der Waals surface area contributed by atoms with Crippen LogP contribution in [0.1, 0.15) is 73.1 Å². The lowest BCUT2D eigenvalue weighted by atomic mass is 9.65. The third kappa shape index (κ3) is 3.82. The van der Waals surface area contributed by atoms with Crippen LogP contribution in [0.5, 0.6) is 0 Å². The standard InChI is InChI=1S/C19H38N2/c1-6-19(4,5)17-10-9-16(12-20)18(11-17)21-13-14(2)7-8-15(21)3/h14-18H,6-13,20H2,1-5H3. The molecule has 2 aliphatic rings. The molecule has 2 heteroatoms. The van der Waals surface area contributed by atoms with Crippen molar-refractivity contribution in [3.63, 3.8) is 0 Å². The third-order valence-corrected chi connectivity index (χ3v) is 6.87.